The highest BCUT2D eigenvalue weighted by molar-refractivity contribution is 5.80. The minimum atomic E-state index is -0.758. The third-order valence-electron chi connectivity index (χ3n) is 5.17. The number of nitriles is 1. The van der Waals surface area contributed by atoms with Gasteiger partial charge in [0.25, 0.3) is 5.56 Å². The first-order valence-electron chi connectivity index (χ1n) is 9.59. The number of pyridine rings is 1. The van der Waals surface area contributed by atoms with E-state index in [9.17, 15) is 15.0 Å². The van der Waals surface area contributed by atoms with Crippen LogP contribution in [0.1, 0.15) is 36.1 Å². The Morgan fingerprint density at radius 2 is 2.00 bits per heavy atom. The van der Waals surface area contributed by atoms with Crippen LogP contribution in [-0.4, -0.2) is 16.8 Å². The molecule has 0 spiro atoms. The molecule has 2 aromatic carbocycles. The smallest absolute Gasteiger partial charge is 0.251 e. The molecule has 5 nitrogen and oxygen atoms in total. The molecular weight excluding hydrogens is 362 g/mol. The standard InChI is InChI=1S/C24H23N3O2/c1-4-19-13-20-8-9-21(14-22(20)26-23(19)28)24(2,16-25)15-18-7-5-6-17(12-18)10-11-27(3)29/h5-14H,4,15H2,1-3H3/p+1/b11-10+. The van der Waals surface area contributed by atoms with Gasteiger partial charge in [0.05, 0.1) is 11.5 Å². The number of rotatable bonds is 6. The van der Waals surface area contributed by atoms with Crippen molar-refractivity contribution in [1.82, 2.24) is 4.98 Å². The van der Waals surface area contributed by atoms with Crippen LogP contribution in [-0.2, 0) is 18.3 Å². The molecule has 0 aliphatic heterocycles. The van der Waals surface area contributed by atoms with E-state index in [1.807, 2.05) is 62.4 Å². The van der Waals surface area contributed by atoms with Gasteiger partial charge in [-0.05, 0) is 54.0 Å². The van der Waals surface area contributed by atoms with Crippen LogP contribution in [0.15, 0.2) is 59.5 Å². The summed E-state index contributed by atoms with van der Waals surface area (Å²) in [4.78, 5) is 26.2. The minimum absolute atomic E-state index is 0.0846. The maximum Gasteiger partial charge on any atom is 0.251 e. The average molecular weight is 386 g/mol. The third-order valence-corrected chi connectivity index (χ3v) is 5.17. The summed E-state index contributed by atoms with van der Waals surface area (Å²) in [6.45, 7) is 3.86. The molecule has 1 N–H and O–H groups in total. The number of aromatic nitrogens is 1. The quantitative estimate of drug-likeness (QED) is 0.634. The van der Waals surface area contributed by atoms with Crippen molar-refractivity contribution in [2.45, 2.75) is 32.1 Å². The van der Waals surface area contributed by atoms with Crippen molar-refractivity contribution in [3.05, 3.63) is 92.2 Å². The number of H-pyrrole nitrogens is 1. The summed E-state index contributed by atoms with van der Waals surface area (Å²) in [5.74, 6) is 0. The second-order valence-corrected chi connectivity index (χ2v) is 7.51. The highest BCUT2D eigenvalue weighted by atomic mass is 16.3. The number of nitrogens with zero attached hydrogens (tertiary/aromatic N) is 2. The monoisotopic (exact) mass is 386 g/mol. The van der Waals surface area contributed by atoms with Crippen LogP contribution in [0.25, 0.3) is 17.0 Å². The van der Waals surface area contributed by atoms with E-state index in [2.05, 4.69) is 11.1 Å². The molecule has 0 saturated carbocycles. The summed E-state index contributed by atoms with van der Waals surface area (Å²) in [5.41, 5.74) is 3.40. The number of aromatic amines is 1. The normalized spacial score (nSPS) is 13.3. The molecule has 0 saturated heterocycles. The maximum absolute atomic E-state index is 12.2. The first kappa shape index (κ1) is 20.2. The predicted octanol–water partition coefficient (Wildman–Crippen LogP) is 4.49. The van der Waals surface area contributed by atoms with E-state index in [0.717, 1.165) is 37.9 Å². The first-order valence-corrected chi connectivity index (χ1v) is 9.59. The fourth-order valence-corrected chi connectivity index (χ4v) is 3.46. The summed E-state index contributed by atoms with van der Waals surface area (Å²) in [6.07, 6.45) is 4.39. The summed E-state index contributed by atoms with van der Waals surface area (Å²) >= 11 is 0. The predicted molar refractivity (Wildman–Crippen MR) is 116 cm³/mol. The Balaban J connectivity index is 1.97. The molecule has 0 aliphatic rings. The van der Waals surface area contributed by atoms with Crippen molar-refractivity contribution < 1.29 is 4.76 Å². The molecular formula is C24H24N3O2+. The largest absolute Gasteiger partial charge is 0.322 e. The number of hydrogen-bond donors (Lipinski definition) is 1. The highest BCUT2D eigenvalue weighted by Gasteiger charge is 2.27. The summed E-state index contributed by atoms with van der Waals surface area (Å²) in [5, 5.41) is 10.9. The molecule has 0 radical (unpaired) electrons. The van der Waals surface area contributed by atoms with Crippen LogP contribution in [0.3, 0.4) is 0 Å². The lowest BCUT2D eigenvalue weighted by Crippen LogP contribution is -2.23. The van der Waals surface area contributed by atoms with Crippen LogP contribution in [0.4, 0.5) is 0 Å². The van der Waals surface area contributed by atoms with E-state index >= 15 is 0 Å². The third kappa shape index (κ3) is 4.49. The van der Waals surface area contributed by atoms with E-state index in [1.54, 1.807) is 6.08 Å². The second kappa shape index (κ2) is 8.24. The Labute approximate surface area is 169 Å². The molecule has 1 atom stereocenters. The molecule has 146 valence electrons. The van der Waals surface area contributed by atoms with Crippen LogP contribution < -0.4 is 5.56 Å². The van der Waals surface area contributed by atoms with Crippen LogP contribution >= 0.6 is 0 Å². The Bertz CT molecular complexity index is 1200. The van der Waals surface area contributed by atoms with Crippen molar-refractivity contribution in [3.63, 3.8) is 0 Å². The van der Waals surface area contributed by atoms with E-state index in [-0.39, 0.29) is 5.56 Å². The van der Waals surface area contributed by atoms with Gasteiger partial charge in [-0.1, -0.05) is 43.3 Å². The topological polar surface area (TPSA) is 76.7 Å². The zero-order valence-corrected chi connectivity index (χ0v) is 16.9. The highest BCUT2D eigenvalue weighted by Crippen LogP contribution is 2.30. The molecule has 5 heteroatoms. The second-order valence-electron chi connectivity index (χ2n) is 7.51. The van der Waals surface area contributed by atoms with Gasteiger partial charge in [-0.3, -0.25) is 4.79 Å². The van der Waals surface area contributed by atoms with Gasteiger partial charge in [0.15, 0.2) is 7.05 Å². The van der Waals surface area contributed by atoms with E-state index in [1.165, 1.54) is 13.2 Å². The molecule has 0 fully saturated rings. The van der Waals surface area contributed by atoms with Gasteiger partial charge in [0.1, 0.15) is 0 Å². The van der Waals surface area contributed by atoms with Gasteiger partial charge >= 0.3 is 0 Å². The number of hydrogen-bond acceptors (Lipinski definition) is 3. The van der Waals surface area contributed by atoms with E-state index in [4.69, 9.17) is 0 Å². The number of aryl methyl sites for hydroxylation is 1. The molecule has 1 heterocycles. The molecule has 0 bridgehead atoms. The number of benzene rings is 2. The fraction of sp³-hybridized carbons (Fsp3) is 0.250. The fourth-order valence-electron chi connectivity index (χ4n) is 3.46. The van der Waals surface area contributed by atoms with Crippen molar-refractivity contribution in [2.24, 2.45) is 0 Å². The molecule has 0 aliphatic carbocycles. The van der Waals surface area contributed by atoms with Crippen molar-refractivity contribution in [3.8, 4) is 6.07 Å². The molecule has 0 amide bonds. The van der Waals surface area contributed by atoms with Crippen molar-refractivity contribution >= 4 is 17.0 Å². The molecule has 3 rings (SSSR count). The lowest BCUT2D eigenvalue weighted by Gasteiger charge is -2.23. The lowest BCUT2D eigenvalue weighted by molar-refractivity contribution is -0.443. The maximum atomic E-state index is 12.2. The Kier molecular flexibility index (Phi) is 5.74. The minimum Gasteiger partial charge on any atom is -0.322 e. The van der Waals surface area contributed by atoms with Gasteiger partial charge in [0, 0.05) is 26.8 Å². The van der Waals surface area contributed by atoms with Crippen LogP contribution in [0, 0.1) is 16.2 Å². The Morgan fingerprint density at radius 3 is 2.69 bits per heavy atom. The summed E-state index contributed by atoms with van der Waals surface area (Å²) < 4.78 is 0.742. The zero-order chi connectivity index (χ0) is 21.0. The lowest BCUT2D eigenvalue weighted by atomic mass is 9.78. The molecule has 29 heavy (non-hydrogen) atoms. The van der Waals surface area contributed by atoms with Crippen LogP contribution in [0.2, 0.25) is 0 Å². The Morgan fingerprint density at radius 1 is 1.21 bits per heavy atom. The zero-order valence-electron chi connectivity index (χ0n) is 16.9. The van der Waals surface area contributed by atoms with Gasteiger partial charge < -0.3 is 4.98 Å². The molecule has 1 aromatic heterocycles. The number of nitrogens with one attached hydrogen (secondary N) is 1. The van der Waals surface area contributed by atoms with E-state index < -0.39 is 5.41 Å². The SMILES string of the molecule is CCc1cc2ccc(C(C)(C#N)Cc3cccc(/C=C/[N+](C)=O)c3)cc2[nH]c1=O. The molecule has 1 unspecified atom stereocenters. The molecule has 3 aromatic rings. The number of fused-ring (bicyclic) bond motifs is 1. The van der Waals surface area contributed by atoms with Crippen molar-refractivity contribution in [1.29, 1.82) is 5.26 Å². The van der Waals surface area contributed by atoms with Gasteiger partial charge in [-0.15, -0.1) is 0 Å². The van der Waals surface area contributed by atoms with E-state index in [0.29, 0.717) is 12.8 Å². The first-order chi connectivity index (χ1) is 13.8. The summed E-state index contributed by atoms with van der Waals surface area (Å²) in [6, 6.07) is 18.0. The van der Waals surface area contributed by atoms with Gasteiger partial charge in [-0.25, -0.2) is 0 Å². The average Bonchev–Trinajstić information content (AvgIpc) is 2.71. The van der Waals surface area contributed by atoms with Gasteiger partial charge in [-0.2, -0.15) is 5.26 Å². The van der Waals surface area contributed by atoms with Crippen molar-refractivity contribution in [2.75, 3.05) is 7.05 Å². The number of nitroso groups, excluding NO2 is 1. The Hall–Kier alpha value is -3.52. The van der Waals surface area contributed by atoms with Crippen LogP contribution in [0.5, 0.6) is 0 Å². The van der Waals surface area contributed by atoms with Gasteiger partial charge in [0.2, 0.25) is 6.20 Å². The summed E-state index contributed by atoms with van der Waals surface area (Å²) in [7, 11) is 1.43.